The van der Waals surface area contributed by atoms with Crippen molar-refractivity contribution in [1.82, 2.24) is 24.9 Å². The number of likely N-dealkylation sites (N-methyl/N-ethyl adjacent to an activating group) is 1. The van der Waals surface area contributed by atoms with Crippen LogP contribution in [0.2, 0.25) is 0 Å². The minimum atomic E-state index is 0.217. The molecule has 1 N–H and O–H groups in total. The normalized spacial score (nSPS) is 15.9. The minimum absolute atomic E-state index is 0.217. The molecule has 6 heteroatoms. The zero-order valence-electron chi connectivity index (χ0n) is 16.3. The van der Waals surface area contributed by atoms with Crippen LogP contribution in [-0.4, -0.2) is 59.3 Å². The number of nitrogens with one attached hydrogen (secondary N) is 1. The van der Waals surface area contributed by atoms with E-state index in [0.717, 1.165) is 32.0 Å². The highest BCUT2D eigenvalue weighted by Crippen LogP contribution is 2.20. The maximum Gasteiger partial charge on any atom is 0.194 e. The van der Waals surface area contributed by atoms with E-state index in [1.807, 2.05) is 17.9 Å². The summed E-state index contributed by atoms with van der Waals surface area (Å²) in [5.41, 5.74) is 4.06. The number of hydrogen-bond acceptors (Lipinski definition) is 3. The second-order valence-electron chi connectivity index (χ2n) is 7.06. The van der Waals surface area contributed by atoms with Gasteiger partial charge in [0.25, 0.3) is 0 Å². The smallest absolute Gasteiger partial charge is 0.194 e. The molecule has 1 aliphatic heterocycles. The number of aromatic nitrogens is 2. The third kappa shape index (κ3) is 4.25. The van der Waals surface area contributed by atoms with Crippen LogP contribution in [0.4, 0.5) is 0 Å². The number of aryl methyl sites for hydroxylation is 1. The number of nitrogens with zero attached hydrogens (tertiary/aromatic N) is 5. The zero-order chi connectivity index (χ0) is 18.5. The van der Waals surface area contributed by atoms with E-state index in [9.17, 15) is 0 Å². The van der Waals surface area contributed by atoms with Crippen LogP contribution in [0, 0.1) is 0 Å². The average Bonchev–Trinajstić information content (AvgIpc) is 3.06. The summed E-state index contributed by atoms with van der Waals surface area (Å²) in [6.07, 6.45) is 5.08. The number of aliphatic imine (C=N–C) groups is 1. The van der Waals surface area contributed by atoms with Crippen LogP contribution in [-0.2, 0) is 20.0 Å². The largest absolute Gasteiger partial charge is 0.357 e. The van der Waals surface area contributed by atoms with E-state index < -0.39 is 0 Å². The van der Waals surface area contributed by atoms with Crippen molar-refractivity contribution in [2.45, 2.75) is 25.9 Å². The third-order valence-electron chi connectivity index (χ3n) is 4.91. The lowest BCUT2D eigenvalue weighted by molar-refractivity contribution is 0.303. The van der Waals surface area contributed by atoms with Crippen LogP contribution in [0.1, 0.15) is 29.7 Å². The van der Waals surface area contributed by atoms with Gasteiger partial charge in [-0.2, -0.15) is 5.10 Å². The number of hydrogen-bond donors (Lipinski definition) is 1. The summed E-state index contributed by atoms with van der Waals surface area (Å²) in [5.74, 6) is 0.998. The molecule has 3 rings (SSSR count). The van der Waals surface area contributed by atoms with Crippen molar-refractivity contribution in [2.75, 3.05) is 33.7 Å². The molecule has 0 fully saturated rings. The standard InChI is InChI=1S/C20H30N6/c1-5-21-20(26-11-10-16-8-6-7-9-17(16)15-26)22-13-19(24(2)3)18-12-23-25(4)14-18/h6-9,12,14,19H,5,10-11,13,15H2,1-4H3,(H,21,22). The number of benzene rings is 1. The summed E-state index contributed by atoms with van der Waals surface area (Å²) < 4.78 is 1.85. The number of rotatable bonds is 5. The molecule has 2 aromatic rings. The summed E-state index contributed by atoms with van der Waals surface area (Å²) >= 11 is 0. The third-order valence-corrected chi connectivity index (χ3v) is 4.91. The summed E-state index contributed by atoms with van der Waals surface area (Å²) in [4.78, 5) is 9.54. The highest BCUT2D eigenvalue weighted by Gasteiger charge is 2.20. The number of fused-ring (bicyclic) bond motifs is 1. The molecule has 0 amide bonds. The van der Waals surface area contributed by atoms with Crippen LogP contribution in [0.3, 0.4) is 0 Å². The lowest BCUT2D eigenvalue weighted by Crippen LogP contribution is -2.44. The van der Waals surface area contributed by atoms with E-state index in [0.29, 0.717) is 6.54 Å². The molecular weight excluding hydrogens is 324 g/mol. The van der Waals surface area contributed by atoms with Crippen LogP contribution < -0.4 is 5.32 Å². The molecule has 0 bridgehead atoms. The molecule has 0 saturated carbocycles. The molecule has 0 radical (unpaired) electrons. The highest BCUT2D eigenvalue weighted by atomic mass is 15.3. The topological polar surface area (TPSA) is 48.7 Å². The van der Waals surface area contributed by atoms with Gasteiger partial charge in [0.1, 0.15) is 0 Å². The lowest BCUT2D eigenvalue weighted by atomic mass is 10.0. The summed E-state index contributed by atoms with van der Waals surface area (Å²) in [6, 6.07) is 8.93. The van der Waals surface area contributed by atoms with E-state index in [1.54, 1.807) is 0 Å². The molecule has 1 aromatic carbocycles. The quantitative estimate of drug-likeness (QED) is 0.659. The molecule has 0 aliphatic carbocycles. The molecule has 1 unspecified atom stereocenters. The molecule has 0 spiro atoms. The minimum Gasteiger partial charge on any atom is -0.357 e. The predicted molar refractivity (Wildman–Crippen MR) is 106 cm³/mol. The second kappa shape index (κ2) is 8.36. The Labute approximate surface area is 156 Å². The Hall–Kier alpha value is -2.34. The van der Waals surface area contributed by atoms with E-state index in [1.165, 1.54) is 16.7 Å². The van der Waals surface area contributed by atoms with Gasteiger partial charge in [-0.15, -0.1) is 0 Å². The Morgan fingerprint density at radius 1 is 1.31 bits per heavy atom. The van der Waals surface area contributed by atoms with Crippen LogP contribution in [0.15, 0.2) is 41.7 Å². The summed E-state index contributed by atoms with van der Waals surface area (Å²) in [5, 5.41) is 7.78. The van der Waals surface area contributed by atoms with Gasteiger partial charge in [-0.25, -0.2) is 0 Å². The molecular formula is C20H30N6. The van der Waals surface area contributed by atoms with Gasteiger partial charge in [0, 0.05) is 38.4 Å². The molecule has 1 aliphatic rings. The van der Waals surface area contributed by atoms with Crippen LogP contribution >= 0.6 is 0 Å². The molecule has 6 nitrogen and oxygen atoms in total. The van der Waals surface area contributed by atoms with Gasteiger partial charge in [0.15, 0.2) is 5.96 Å². The van der Waals surface area contributed by atoms with Gasteiger partial charge in [-0.05, 0) is 38.6 Å². The van der Waals surface area contributed by atoms with Gasteiger partial charge in [0.05, 0.1) is 18.8 Å². The first-order chi connectivity index (χ1) is 12.6. The number of guanidine groups is 1. The van der Waals surface area contributed by atoms with Crippen LogP contribution in [0.5, 0.6) is 0 Å². The Morgan fingerprint density at radius 3 is 2.73 bits per heavy atom. The molecule has 2 heterocycles. The van der Waals surface area contributed by atoms with Crippen molar-refractivity contribution in [3.63, 3.8) is 0 Å². The maximum absolute atomic E-state index is 4.97. The molecule has 26 heavy (non-hydrogen) atoms. The van der Waals surface area contributed by atoms with Crippen molar-refractivity contribution >= 4 is 5.96 Å². The van der Waals surface area contributed by atoms with Crippen molar-refractivity contribution in [2.24, 2.45) is 12.0 Å². The molecule has 1 aromatic heterocycles. The van der Waals surface area contributed by atoms with Crippen LogP contribution in [0.25, 0.3) is 0 Å². The monoisotopic (exact) mass is 354 g/mol. The Morgan fingerprint density at radius 2 is 2.08 bits per heavy atom. The fourth-order valence-electron chi connectivity index (χ4n) is 3.45. The first-order valence-electron chi connectivity index (χ1n) is 9.33. The van der Waals surface area contributed by atoms with E-state index in [-0.39, 0.29) is 6.04 Å². The molecule has 0 saturated heterocycles. The molecule has 1 atom stereocenters. The van der Waals surface area contributed by atoms with E-state index in [4.69, 9.17) is 4.99 Å². The van der Waals surface area contributed by atoms with Gasteiger partial charge in [-0.1, -0.05) is 24.3 Å². The van der Waals surface area contributed by atoms with Crippen molar-refractivity contribution in [3.8, 4) is 0 Å². The van der Waals surface area contributed by atoms with Gasteiger partial charge >= 0.3 is 0 Å². The summed E-state index contributed by atoms with van der Waals surface area (Å²) in [6.45, 7) is 5.62. The van der Waals surface area contributed by atoms with E-state index in [2.05, 4.69) is 71.7 Å². The van der Waals surface area contributed by atoms with Gasteiger partial charge in [-0.3, -0.25) is 9.67 Å². The first-order valence-corrected chi connectivity index (χ1v) is 9.33. The fourth-order valence-corrected chi connectivity index (χ4v) is 3.45. The first kappa shape index (κ1) is 18.5. The SMILES string of the molecule is CCNC(=NCC(c1cnn(C)c1)N(C)C)N1CCc2ccccc2C1. The van der Waals surface area contributed by atoms with Crippen molar-refractivity contribution < 1.29 is 0 Å². The van der Waals surface area contributed by atoms with Gasteiger partial charge in [0.2, 0.25) is 0 Å². The average molecular weight is 355 g/mol. The maximum atomic E-state index is 4.97. The second-order valence-corrected chi connectivity index (χ2v) is 7.06. The van der Waals surface area contributed by atoms with E-state index >= 15 is 0 Å². The Bertz CT molecular complexity index is 748. The highest BCUT2D eigenvalue weighted by molar-refractivity contribution is 5.80. The lowest BCUT2D eigenvalue weighted by Gasteiger charge is -2.32. The molecule has 140 valence electrons. The van der Waals surface area contributed by atoms with Gasteiger partial charge < -0.3 is 15.1 Å². The summed E-state index contributed by atoms with van der Waals surface area (Å²) in [7, 11) is 6.14. The zero-order valence-corrected chi connectivity index (χ0v) is 16.3. The Balaban J connectivity index is 1.76. The predicted octanol–water partition coefficient (Wildman–Crippen LogP) is 2.05. The van der Waals surface area contributed by atoms with Crippen molar-refractivity contribution in [3.05, 3.63) is 53.3 Å². The fraction of sp³-hybridized carbons (Fsp3) is 0.500. The van der Waals surface area contributed by atoms with Crippen molar-refractivity contribution in [1.29, 1.82) is 0 Å². The Kier molecular flexibility index (Phi) is 5.93.